The van der Waals surface area contributed by atoms with Gasteiger partial charge in [-0.1, -0.05) is 6.92 Å². The van der Waals surface area contributed by atoms with Crippen LogP contribution >= 0.6 is 0 Å². The molecule has 9 heavy (non-hydrogen) atoms. The second-order valence-electron chi connectivity index (χ2n) is 2.71. The third-order valence-electron chi connectivity index (χ3n) is 1.50. The molecule has 2 nitrogen and oxygen atoms in total. The monoisotopic (exact) mass is 129 g/mol. The van der Waals surface area contributed by atoms with Crippen LogP contribution in [0.15, 0.2) is 0 Å². The lowest BCUT2D eigenvalue weighted by atomic mass is 10.0. The highest BCUT2D eigenvalue weighted by Crippen LogP contribution is 2.01. The smallest absolute Gasteiger partial charge is 0.149 e. The summed E-state index contributed by atoms with van der Waals surface area (Å²) in [5, 5.41) is 3.07. The molecule has 54 valence electrons. The highest BCUT2D eigenvalue weighted by Gasteiger charge is 2.20. The predicted octanol–water partition coefficient (Wildman–Crippen LogP) is 0.964. The van der Waals surface area contributed by atoms with Crippen molar-refractivity contribution in [2.45, 2.75) is 33.2 Å². The maximum atomic E-state index is 10.8. The third kappa shape index (κ3) is 2.61. The van der Waals surface area contributed by atoms with Gasteiger partial charge in [-0.05, 0) is 27.3 Å². The molecule has 0 saturated carbocycles. The molecule has 0 unspecified atom stereocenters. The fraction of sp³-hybridized carbons (Fsp3) is 0.857. The van der Waals surface area contributed by atoms with Crippen LogP contribution in [0.3, 0.4) is 0 Å². The Morgan fingerprint density at radius 2 is 2.00 bits per heavy atom. The molecule has 1 N–H and O–H groups in total. The van der Waals surface area contributed by atoms with Gasteiger partial charge in [0.25, 0.3) is 0 Å². The van der Waals surface area contributed by atoms with E-state index in [9.17, 15) is 4.79 Å². The molecule has 0 aliphatic heterocycles. The zero-order chi connectivity index (χ0) is 7.49. The van der Waals surface area contributed by atoms with Gasteiger partial charge in [0.15, 0.2) is 0 Å². The minimum atomic E-state index is -0.339. The Bertz CT molecular complexity index is 107. The van der Waals surface area contributed by atoms with Gasteiger partial charge < -0.3 is 5.32 Å². The average Bonchev–Trinajstić information content (AvgIpc) is 1.65. The van der Waals surface area contributed by atoms with Crippen LogP contribution in [0.25, 0.3) is 0 Å². The van der Waals surface area contributed by atoms with Gasteiger partial charge >= 0.3 is 0 Å². The zero-order valence-electron chi connectivity index (χ0n) is 6.62. The van der Waals surface area contributed by atoms with Gasteiger partial charge in [-0.15, -0.1) is 0 Å². The van der Waals surface area contributed by atoms with E-state index in [4.69, 9.17) is 0 Å². The van der Waals surface area contributed by atoms with Gasteiger partial charge in [-0.25, -0.2) is 0 Å². The summed E-state index contributed by atoms with van der Waals surface area (Å²) in [5.74, 6) is 0.185. The summed E-state index contributed by atoms with van der Waals surface area (Å²) >= 11 is 0. The van der Waals surface area contributed by atoms with Crippen LogP contribution in [0, 0.1) is 0 Å². The van der Waals surface area contributed by atoms with E-state index in [1.54, 1.807) is 6.92 Å². The molecule has 0 fully saturated rings. The van der Waals surface area contributed by atoms with Gasteiger partial charge in [0.2, 0.25) is 0 Å². The molecular formula is C7H15NO. The Hall–Kier alpha value is -0.370. The third-order valence-corrected chi connectivity index (χ3v) is 1.50. The number of nitrogens with one attached hydrogen (secondary N) is 1. The molecule has 2 heteroatoms. The molecule has 0 heterocycles. The quantitative estimate of drug-likeness (QED) is 0.615. The summed E-state index contributed by atoms with van der Waals surface area (Å²) in [6, 6.07) is 0. The van der Waals surface area contributed by atoms with Crippen LogP contribution in [-0.2, 0) is 4.79 Å². The fourth-order valence-corrected chi connectivity index (χ4v) is 0.566. The van der Waals surface area contributed by atoms with E-state index < -0.39 is 0 Å². The van der Waals surface area contributed by atoms with Gasteiger partial charge in [-0.2, -0.15) is 0 Å². The Morgan fingerprint density at radius 3 is 2.11 bits per heavy atom. The molecule has 0 aromatic heterocycles. The van der Waals surface area contributed by atoms with E-state index in [1.165, 1.54) is 0 Å². The number of rotatable bonds is 3. The van der Waals surface area contributed by atoms with E-state index in [0.717, 1.165) is 6.54 Å². The maximum absolute atomic E-state index is 10.8. The molecule has 0 saturated heterocycles. The SMILES string of the molecule is CCNC(C)(C)C(C)=O. The van der Waals surface area contributed by atoms with E-state index in [1.807, 2.05) is 20.8 Å². The largest absolute Gasteiger partial charge is 0.306 e. The molecule has 0 rings (SSSR count). The number of hydrogen-bond acceptors (Lipinski definition) is 2. The van der Waals surface area contributed by atoms with Crippen molar-refractivity contribution in [2.75, 3.05) is 6.54 Å². The summed E-state index contributed by atoms with van der Waals surface area (Å²) in [7, 11) is 0. The van der Waals surface area contributed by atoms with Crippen LogP contribution in [0.5, 0.6) is 0 Å². The molecule has 0 aliphatic carbocycles. The highest BCUT2D eigenvalue weighted by molar-refractivity contribution is 5.85. The van der Waals surface area contributed by atoms with Crippen molar-refractivity contribution in [1.29, 1.82) is 0 Å². The van der Waals surface area contributed by atoms with Crippen molar-refractivity contribution in [3.05, 3.63) is 0 Å². The summed E-state index contributed by atoms with van der Waals surface area (Å²) < 4.78 is 0. The number of likely N-dealkylation sites (N-methyl/N-ethyl adjacent to an activating group) is 1. The fourth-order valence-electron chi connectivity index (χ4n) is 0.566. The summed E-state index contributed by atoms with van der Waals surface area (Å²) in [6.07, 6.45) is 0. The number of carbonyl (C=O) groups is 1. The minimum Gasteiger partial charge on any atom is -0.306 e. The first kappa shape index (κ1) is 8.63. The molecular weight excluding hydrogens is 114 g/mol. The summed E-state index contributed by atoms with van der Waals surface area (Å²) in [5.41, 5.74) is -0.339. The number of ketones is 1. The average molecular weight is 129 g/mol. The summed E-state index contributed by atoms with van der Waals surface area (Å²) in [4.78, 5) is 10.8. The Balaban J connectivity index is 3.85. The Labute approximate surface area is 56.6 Å². The lowest BCUT2D eigenvalue weighted by Crippen LogP contribution is -2.45. The van der Waals surface area contributed by atoms with Crippen molar-refractivity contribution in [1.82, 2.24) is 5.32 Å². The minimum absolute atomic E-state index is 0.185. The van der Waals surface area contributed by atoms with Gasteiger partial charge in [-0.3, -0.25) is 4.79 Å². The van der Waals surface area contributed by atoms with Crippen molar-refractivity contribution in [3.63, 3.8) is 0 Å². The molecule has 0 aromatic carbocycles. The van der Waals surface area contributed by atoms with Crippen LogP contribution in [0.2, 0.25) is 0 Å². The van der Waals surface area contributed by atoms with Crippen LogP contribution in [0.4, 0.5) is 0 Å². The first-order valence-corrected chi connectivity index (χ1v) is 3.26. The van der Waals surface area contributed by atoms with Crippen molar-refractivity contribution in [3.8, 4) is 0 Å². The number of carbonyl (C=O) groups excluding carboxylic acids is 1. The lowest BCUT2D eigenvalue weighted by molar-refractivity contribution is -0.122. The van der Waals surface area contributed by atoms with Gasteiger partial charge in [0, 0.05) is 0 Å². The Kier molecular flexibility index (Phi) is 2.85. The molecule has 0 aromatic rings. The number of hydrogen-bond donors (Lipinski definition) is 1. The van der Waals surface area contributed by atoms with Crippen LogP contribution in [0.1, 0.15) is 27.7 Å². The molecule has 0 aliphatic rings. The first-order valence-electron chi connectivity index (χ1n) is 3.26. The molecule has 0 amide bonds. The van der Waals surface area contributed by atoms with Crippen LogP contribution in [-0.4, -0.2) is 17.9 Å². The molecule has 0 atom stereocenters. The molecule has 0 bridgehead atoms. The molecule has 0 spiro atoms. The maximum Gasteiger partial charge on any atom is 0.149 e. The van der Waals surface area contributed by atoms with E-state index in [0.29, 0.717) is 0 Å². The predicted molar refractivity (Wildman–Crippen MR) is 38.4 cm³/mol. The summed E-state index contributed by atoms with van der Waals surface area (Å²) in [6.45, 7) is 8.21. The van der Waals surface area contributed by atoms with Crippen molar-refractivity contribution in [2.24, 2.45) is 0 Å². The standard InChI is InChI=1S/C7H15NO/c1-5-8-7(3,4)6(2)9/h8H,5H2,1-4H3. The van der Waals surface area contributed by atoms with E-state index in [2.05, 4.69) is 5.32 Å². The Morgan fingerprint density at radius 1 is 1.56 bits per heavy atom. The zero-order valence-corrected chi connectivity index (χ0v) is 6.62. The normalized spacial score (nSPS) is 11.6. The topological polar surface area (TPSA) is 29.1 Å². The second kappa shape index (κ2) is 2.97. The second-order valence-corrected chi connectivity index (χ2v) is 2.71. The van der Waals surface area contributed by atoms with Gasteiger partial charge in [0.1, 0.15) is 5.78 Å². The number of Topliss-reactive ketones (excluding diaryl/α,β-unsaturated/α-hetero) is 1. The highest BCUT2D eigenvalue weighted by atomic mass is 16.1. The van der Waals surface area contributed by atoms with E-state index >= 15 is 0 Å². The van der Waals surface area contributed by atoms with Crippen molar-refractivity contribution < 1.29 is 4.79 Å². The van der Waals surface area contributed by atoms with Crippen LogP contribution < -0.4 is 5.32 Å². The van der Waals surface area contributed by atoms with Gasteiger partial charge in [0.05, 0.1) is 5.54 Å². The molecule has 0 radical (unpaired) electrons. The van der Waals surface area contributed by atoms with E-state index in [-0.39, 0.29) is 11.3 Å². The van der Waals surface area contributed by atoms with Crippen molar-refractivity contribution >= 4 is 5.78 Å². The first-order chi connectivity index (χ1) is 4.00. The lowest BCUT2D eigenvalue weighted by Gasteiger charge is -2.21.